The quantitative estimate of drug-likeness (QED) is 0.842. The number of amides is 2. The van der Waals surface area contributed by atoms with Gasteiger partial charge in [-0.25, -0.2) is 0 Å². The van der Waals surface area contributed by atoms with Crippen LogP contribution in [-0.4, -0.2) is 52.5 Å². The number of likely N-dealkylation sites (tertiary alicyclic amines) is 1. The minimum Gasteiger partial charge on any atom is -0.390 e. The maximum absolute atomic E-state index is 12.7. The van der Waals surface area contributed by atoms with E-state index in [0.717, 1.165) is 5.56 Å². The summed E-state index contributed by atoms with van der Waals surface area (Å²) in [5.41, 5.74) is 0.207. The number of hydrogen-bond acceptors (Lipinski definition) is 3. The van der Waals surface area contributed by atoms with Crippen LogP contribution in [0.3, 0.4) is 0 Å². The van der Waals surface area contributed by atoms with Gasteiger partial charge in [0.2, 0.25) is 11.8 Å². The van der Waals surface area contributed by atoms with Gasteiger partial charge in [-0.1, -0.05) is 23.7 Å². The molecule has 138 valence electrons. The standard InChI is InChI=1S/C19H27ClN2O3/c1-19(2,25)10-11-21(3)18(24)15-6-9-17(23)22(13-15)12-14-4-7-16(20)8-5-14/h4-5,7-8,15,25H,6,9-13H2,1-3H3/t15-/m0/s1. The summed E-state index contributed by atoms with van der Waals surface area (Å²) in [5.74, 6) is -0.0622. The predicted octanol–water partition coefficient (Wildman–Crippen LogP) is 2.70. The van der Waals surface area contributed by atoms with Crippen molar-refractivity contribution in [1.82, 2.24) is 9.80 Å². The van der Waals surface area contributed by atoms with Crippen LogP contribution in [0, 0.1) is 5.92 Å². The second-order valence-corrected chi connectivity index (χ2v) is 7.89. The smallest absolute Gasteiger partial charge is 0.227 e. The van der Waals surface area contributed by atoms with Crippen LogP contribution in [0.1, 0.15) is 38.7 Å². The molecule has 0 radical (unpaired) electrons. The van der Waals surface area contributed by atoms with E-state index in [9.17, 15) is 14.7 Å². The van der Waals surface area contributed by atoms with E-state index in [-0.39, 0.29) is 17.7 Å². The molecule has 0 bridgehead atoms. The molecule has 1 aromatic carbocycles. The summed E-state index contributed by atoms with van der Waals surface area (Å²) >= 11 is 5.90. The highest BCUT2D eigenvalue weighted by Gasteiger charge is 2.32. The number of piperidine rings is 1. The molecule has 1 atom stereocenters. The van der Waals surface area contributed by atoms with Gasteiger partial charge in [0.1, 0.15) is 0 Å². The van der Waals surface area contributed by atoms with Gasteiger partial charge in [-0.3, -0.25) is 9.59 Å². The van der Waals surface area contributed by atoms with Crippen molar-refractivity contribution in [1.29, 1.82) is 0 Å². The molecule has 1 aliphatic rings. The van der Waals surface area contributed by atoms with E-state index in [2.05, 4.69) is 0 Å². The Morgan fingerprint density at radius 1 is 1.36 bits per heavy atom. The highest BCUT2D eigenvalue weighted by molar-refractivity contribution is 6.30. The summed E-state index contributed by atoms with van der Waals surface area (Å²) in [6, 6.07) is 7.41. The first-order valence-electron chi connectivity index (χ1n) is 8.65. The molecule has 1 N–H and O–H groups in total. The largest absolute Gasteiger partial charge is 0.390 e. The predicted molar refractivity (Wildman–Crippen MR) is 98.1 cm³/mol. The van der Waals surface area contributed by atoms with Gasteiger partial charge in [0, 0.05) is 38.1 Å². The van der Waals surface area contributed by atoms with Crippen molar-refractivity contribution in [2.24, 2.45) is 5.92 Å². The SMILES string of the molecule is CN(CCC(C)(C)O)C(=O)[C@H]1CCC(=O)N(Cc2ccc(Cl)cc2)C1. The average molecular weight is 367 g/mol. The molecule has 1 aliphatic heterocycles. The summed E-state index contributed by atoms with van der Waals surface area (Å²) in [4.78, 5) is 28.3. The second-order valence-electron chi connectivity index (χ2n) is 7.46. The number of nitrogens with zero attached hydrogens (tertiary/aromatic N) is 2. The van der Waals surface area contributed by atoms with Gasteiger partial charge in [-0.05, 0) is 44.4 Å². The number of carbonyl (C=O) groups excluding carboxylic acids is 2. The normalized spacial score (nSPS) is 18.4. The molecule has 25 heavy (non-hydrogen) atoms. The van der Waals surface area contributed by atoms with Crippen molar-refractivity contribution in [3.05, 3.63) is 34.9 Å². The Kier molecular flexibility index (Phi) is 6.47. The molecule has 0 saturated carbocycles. The minimum absolute atomic E-state index is 0.0397. The monoisotopic (exact) mass is 366 g/mol. The Balaban J connectivity index is 1.95. The van der Waals surface area contributed by atoms with E-state index in [4.69, 9.17) is 11.6 Å². The second kappa shape index (κ2) is 8.19. The summed E-state index contributed by atoms with van der Waals surface area (Å²) in [7, 11) is 1.76. The van der Waals surface area contributed by atoms with Crippen molar-refractivity contribution < 1.29 is 14.7 Å². The third-order valence-electron chi connectivity index (χ3n) is 4.57. The first-order valence-corrected chi connectivity index (χ1v) is 9.03. The van der Waals surface area contributed by atoms with E-state index in [1.807, 2.05) is 12.1 Å². The van der Waals surface area contributed by atoms with Gasteiger partial charge in [0.05, 0.1) is 11.5 Å². The molecule has 0 aliphatic carbocycles. The van der Waals surface area contributed by atoms with Crippen LogP contribution in [0.2, 0.25) is 5.02 Å². The number of aliphatic hydroxyl groups is 1. The van der Waals surface area contributed by atoms with Crippen molar-refractivity contribution in [2.45, 2.75) is 45.3 Å². The van der Waals surface area contributed by atoms with Crippen LogP contribution in [0.15, 0.2) is 24.3 Å². The molecule has 2 amide bonds. The summed E-state index contributed by atoms with van der Waals surface area (Å²) in [5, 5.41) is 10.5. The van der Waals surface area contributed by atoms with Crippen LogP contribution in [0.4, 0.5) is 0 Å². The van der Waals surface area contributed by atoms with E-state index in [1.165, 1.54) is 0 Å². The van der Waals surface area contributed by atoms with Crippen molar-refractivity contribution >= 4 is 23.4 Å². The lowest BCUT2D eigenvalue weighted by Gasteiger charge is -2.34. The fraction of sp³-hybridized carbons (Fsp3) is 0.579. The topological polar surface area (TPSA) is 60.9 Å². The molecule has 6 heteroatoms. The van der Waals surface area contributed by atoms with Gasteiger partial charge in [0.15, 0.2) is 0 Å². The zero-order valence-electron chi connectivity index (χ0n) is 15.2. The van der Waals surface area contributed by atoms with E-state index in [0.29, 0.717) is 43.9 Å². The van der Waals surface area contributed by atoms with Gasteiger partial charge in [-0.2, -0.15) is 0 Å². The first kappa shape index (κ1) is 19.7. The van der Waals surface area contributed by atoms with Gasteiger partial charge in [-0.15, -0.1) is 0 Å². The molecule has 0 aromatic heterocycles. The van der Waals surface area contributed by atoms with Crippen LogP contribution in [0.5, 0.6) is 0 Å². The van der Waals surface area contributed by atoms with Crippen molar-refractivity contribution in [2.75, 3.05) is 20.1 Å². The zero-order valence-corrected chi connectivity index (χ0v) is 15.9. The first-order chi connectivity index (χ1) is 11.7. The fourth-order valence-corrected chi connectivity index (χ4v) is 3.07. The molecule has 1 aromatic rings. The number of rotatable bonds is 6. The lowest BCUT2D eigenvalue weighted by molar-refractivity contribution is -0.143. The number of hydrogen-bond donors (Lipinski definition) is 1. The van der Waals surface area contributed by atoms with Crippen LogP contribution in [0.25, 0.3) is 0 Å². The molecular weight excluding hydrogens is 340 g/mol. The molecule has 0 unspecified atom stereocenters. The highest BCUT2D eigenvalue weighted by atomic mass is 35.5. The molecule has 1 fully saturated rings. The average Bonchev–Trinajstić information content (AvgIpc) is 2.55. The highest BCUT2D eigenvalue weighted by Crippen LogP contribution is 2.22. The van der Waals surface area contributed by atoms with Crippen molar-refractivity contribution in [3.8, 4) is 0 Å². The Morgan fingerprint density at radius 3 is 2.60 bits per heavy atom. The zero-order chi connectivity index (χ0) is 18.6. The van der Waals surface area contributed by atoms with Gasteiger partial charge >= 0.3 is 0 Å². The Morgan fingerprint density at radius 2 is 2.00 bits per heavy atom. The molecule has 2 rings (SSSR count). The molecule has 5 nitrogen and oxygen atoms in total. The fourth-order valence-electron chi connectivity index (χ4n) is 2.94. The summed E-state index contributed by atoms with van der Waals surface area (Å²) in [6.45, 7) is 4.90. The molecule has 1 saturated heterocycles. The minimum atomic E-state index is -0.794. The third-order valence-corrected chi connectivity index (χ3v) is 4.82. The lowest BCUT2D eigenvalue weighted by atomic mass is 9.95. The van der Waals surface area contributed by atoms with Crippen LogP contribution in [-0.2, 0) is 16.1 Å². The molecule has 1 heterocycles. The van der Waals surface area contributed by atoms with Crippen LogP contribution >= 0.6 is 11.6 Å². The maximum atomic E-state index is 12.7. The maximum Gasteiger partial charge on any atom is 0.227 e. The Hall–Kier alpha value is -1.59. The summed E-state index contributed by atoms with van der Waals surface area (Å²) < 4.78 is 0. The van der Waals surface area contributed by atoms with Gasteiger partial charge in [0.25, 0.3) is 0 Å². The van der Waals surface area contributed by atoms with Crippen LogP contribution < -0.4 is 0 Å². The van der Waals surface area contributed by atoms with E-state index in [1.54, 1.807) is 42.8 Å². The third kappa shape index (κ3) is 6.01. The van der Waals surface area contributed by atoms with E-state index < -0.39 is 5.60 Å². The van der Waals surface area contributed by atoms with Crippen molar-refractivity contribution in [3.63, 3.8) is 0 Å². The van der Waals surface area contributed by atoms with E-state index >= 15 is 0 Å². The number of benzene rings is 1. The molecule has 0 spiro atoms. The lowest BCUT2D eigenvalue weighted by Crippen LogP contribution is -2.46. The molecular formula is C19H27ClN2O3. The number of carbonyl (C=O) groups is 2. The summed E-state index contributed by atoms with van der Waals surface area (Å²) in [6.07, 6.45) is 1.50. The van der Waals surface area contributed by atoms with Gasteiger partial charge < -0.3 is 14.9 Å². The Labute approximate surface area is 154 Å². The Bertz CT molecular complexity index is 610. The number of halogens is 1.